The molecule has 3 aromatic rings. The third-order valence-electron chi connectivity index (χ3n) is 4.33. The van der Waals surface area contributed by atoms with E-state index in [1.165, 1.54) is 21.6 Å². The third kappa shape index (κ3) is 2.46. The minimum Gasteiger partial charge on any atom is -0.375 e. The number of rotatable bonds is 1. The van der Waals surface area contributed by atoms with Gasteiger partial charge in [-0.3, -0.25) is 3.96 Å². The minimum absolute atomic E-state index is 0.142. The molecular weight excluding hydrogens is 400 g/mol. The maximum absolute atomic E-state index is 5.88. The molecule has 24 heavy (non-hydrogen) atoms. The van der Waals surface area contributed by atoms with Crippen LogP contribution in [0, 0.1) is 11.6 Å². The fourth-order valence-corrected chi connectivity index (χ4v) is 5.07. The zero-order valence-corrected chi connectivity index (χ0v) is 16.9. The van der Waals surface area contributed by atoms with Gasteiger partial charge in [-0.05, 0) is 57.2 Å². The topological polar surface area (TPSA) is 17.0 Å². The standard InChI is InChI=1S/C19H17BrN2S2/c1-11-4-9-15-14(10-11)16-17(19(2,3)21-15)24-22(18(16)23)13-7-5-12(20)6-8-13/h4-10,21H,1-3H3. The van der Waals surface area contributed by atoms with E-state index in [-0.39, 0.29) is 5.54 Å². The summed E-state index contributed by atoms with van der Waals surface area (Å²) in [4.78, 5) is 1.29. The maximum Gasteiger partial charge on any atom is 0.129 e. The summed E-state index contributed by atoms with van der Waals surface area (Å²) >= 11 is 11.1. The van der Waals surface area contributed by atoms with E-state index in [4.69, 9.17) is 12.2 Å². The summed E-state index contributed by atoms with van der Waals surface area (Å²) in [6.07, 6.45) is 0. The molecule has 1 aromatic heterocycles. The van der Waals surface area contributed by atoms with Crippen molar-refractivity contribution < 1.29 is 0 Å². The first-order chi connectivity index (χ1) is 11.4. The summed E-state index contributed by atoms with van der Waals surface area (Å²) in [5.74, 6) is 0. The van der Waals surface area contributed by atoms with Crippen LogP contribution in [0.3, 0.4) is 0 Å². The summed E-state index contributed by atoms with van der Waals surface area (Å²) in [5, 5.41) is 3.66. The fourth-order valence-electron chi connectivity index (χ4n) is 3.15. The fraction of sp³-hybridized carbons (Fsp3) is 0.211. The molecule has 1 aliphatic heterocycles. The van der Waals surface area contributed by atoms with Crippen LogP contribution < -0.4 is 5.32 Å². The molecule has 0 atom stereocenters. The molecule has 0 unspecified atom stereocenters. The van der Waals surface area contributed by atoms with Crippen molar-refractivity contribution in [3.63, 3.8) is 0 Å². The maximum atomic E-state index is 5.88. The van der Waals surface area contributed by atoms with Gasteiger partial charge in [0.2, 0.25) is 0 Å². The van der Waals surface area contributed by atoms with Crippen LogP contribution >= 0.6 is 39.7 Å². The second kappa shape index (κ2) is 5.55. The van der Waals surface area contributed by atoms with E-state index in [2.05, 4.69) is 88.4 Å². The van der Waals surface area contributed by atoms with Gasteiger partial charge >= 0.3 is 0 Å². The first-order valence-corrected chi connectivity index (χ1v) is 9.76. The SMILES string of the molecule is Cc1ccc2c(c1)-c1c(sn(-c3ccc(Br)cc3)c1=S)C(C)(C)N2. The molecule has 1 aliphatic rings. The molecule has 5 heteroatoms. The van der Waals surface area contributed by atoms with Gasteiger partial charge in [0, 0.05) is 21.3 Å². The number of halogens is 1. The van der Waals surface area contributed by atoms with Crippen LogP contribution in [0.25, 0.3) is 16.8 Å². The van der Waals surface area contributed by atoms with Crippen molar-refractivity contribution in [3.8, 4) is 16.8 Å². The van der Waals surface area contributed by atoms with E-state index < -0.39 is 0 Å². The van der Waals surface area contributed by atoms with E-state index in [1.54, 1.807) is 11.5 Å². The van der Waals surface area contributed by atoms with E-state index in [0.717, 1.165) is 20.5 Å². The Morgan fingerprint density at radius 3 is 2.54 bits per heavy atom. The second-order valence-corrected chi connectivity index (χ2v) is 8.93. The molecule has 0 amide bonds. The molecule has 0 saturated heterocycles. The van der Waals surface area contributed by atoms with Crippen molar-refractivity contribution in [3.05, 3.63) is 62.0 Å². The Kier molecular flexibility index (Phi) is 3.71. The van der Waals surface area contributed by atoms with Gasteiger partial charge in [-0.1, -0.05) is 51.3 Å². The number of nitrogens with one attached hydrogen (secondary N) is 1. The first kappa shape index (κ1) is 16.1. The number of fused-ring (bicyclic) bond motifs is 3. The molecule has 2 heterocycles. The summed E-state index contributed by atoms with van der Waals surface area (Å²) in [7, 11) is 0. The van der Waals surface area contributed by atoms with Crippen molar-refractivity contribution in [2.24, 2.45) is 0 Å². The average molecular weight is 417 g/mol. The third-order valence-corrected chi connectivity index (χ3v) is 6.83. The van der Waals surface area contributed by atoms with Gasteiger partial charge in [0.15, 0.2) is 0 Å². The van der Waals surface area contributed by atoms with E-state index >= 15 is 0 Å². The molecule has 0 bridgehead atoms. The Balaban J connectivity index is 2.01. The molecule has 122 valence electrons. The average Bonchev–Trinajstić information content (AvgIpc) is 2.88. The Bertz CT molecular complexity index is 997. The number of hydrogen-bond acceptors (Lipinski definition) is 3. The summed E-state index contributed by atoms with van der Waals surface area (Å²) in [6, 6.07) is 14.8. The van der Waals surface area contributed by atoms with Gasteiger partial charge in [-0.25, -0.2) is 0 Å². The Morgan fingerprint density at radius 2 is 1.83 bits per heavy atom. The molecule has 0 radical (unpaired) electrons. The highest BCUT2D eigenvalue weighted by molar-refractivity contribution is 9.10. The molecule has 2 nitrogen and oxygen atoms in total. The minimum atomic E-state index is -0.142. The lowest BCUT2D eigenvalue weighted by Gasteiger charge is -2.33. The second-order valence-electron chi connectivity index (χ2n) is 6.67. The molecule has 0 aliphatic carbocycles. The smallest absolute Gasteiger partial charge is 0.129 e. The van der Waals surface area contributed by atoms with Crippen LogP contribution in [0.2, 0.25) is 0 Å². The van der Waals surface area contributed by atoms with E-state index in [0.29, 0.717) is 0 Å². The Hall–Kier alpha value is -1.43. The normalized spacial score (nSPS) is 14.7. The van der Waals surface area contributed by atoms with Crippen LogP contribution in [-0.4, -0.2) is 3.96 Å². The molecular formula is C19H17BrN2S2. The molecule has 2 aromatic carbocycles. The predicted octanol–water partition coefficient (Wildman–Crippen LogP) is 6.67. The zero-order chi connectivity index (χ0) is 17.1. The molecule has 0 spiro atoms. The van der Waals surface area contributed by atoms with Gasteiger partial charge in [-0.2, -0.15) is 0 Å². The highest BCUT2D eigenvalue weighted by Crippen LogP contribution is 2.47. The van der Waals surface area contributed by atoms with Gasteiger partial charge < -0.3 is 5.32 Å². The van der Waals surface area contributed by atoms with Crippen LogP contribution in [0.15, 0.2) is 46.9 Å². The largest absolute Gasteiger partial charge is 0.375 e. The number of hydrogen-bond donors (Lipinski definition) is 1. The molecule has 1 N–H and O–H groups in total. The highest BCUT2D eigenvalue weighted by atomic mass is 79.9. The van der Waals surface area contributed by atoms with E-state index in [1.807, 2.05) is 0 Å². The van der Waals surface area contributed by atoms with Gasteiger partial charge in [0.25, 0.3) is 0 Å². The van der Waals surface area contributed by atoms with Crippen molar-refractivity contribution in [1.29, 1.82) is 0 Å². The monoisotopic (exact) mass is 416 g/mol. The van der Waals surface area contributed by atoms with Gasteiger partial charge in [-0.15, -0.1) is 0 Å². The van der Waals surface area contributed by atoms with Gasteiger partial charge in [0.05, 0.1) is 16.1 Å². The van der Waals surface area contributed by atoms with Crippen LogP contribution in [0.1, 0.15) is 24.3 Å². The van der Waals surface area contributed by atoms with Crippen LogP contribution in [-0.2, 0) is 5.54 Å². The highest BCUT2D eigenvalue weighted by Gasteiger charge is 2.34. The van der Waals surface area contributed by atoms with E-state index in [9.17, 15) is 0 Å². The number of aryl methyl sites for hydroxylation is 1. The first-order valence-electron chi connectivity index (χ1n) is 7.79. The zero-order valence-electron chi connectivity index (χ0n) is 13.7. The van der Waals surface area contributed by atoms with Crippen LogP contribution in [0.5, 0.6) is 0 Å². The Labute approximate surface area is 159 Å². The molecule has 4 rings (SSSR count). The molecule has 0 fully saturated rings. The van der Waals surface area contributed by atoms with Crippen LogP contribution in [0.4, 0.5) is 5.69 Å². The molecule has 0 saturated carbocycles. The quantitative estimate of drug-likeness (QED) is 0.446. The number of benzene rings is 2. The number of aromatic nitrogens is 1. The summed E-state index contributed by atoms with van der Waals surface area (Å²) in [6.45, 7) is 6.55. The number of nitrogens with zero attached hydrogens (tertiary/aromatic N) is 1. The number of anilines is 1. The summed E-state index contributed by atoms with van der Waals surface area (Å²) < 4.78 is 4.12. The summed E-state index contributed by atoms with van der Waals surface area (Å²) in [5.41, 5.74) is 5.77. The van der Waals surface area contributed by atoms with Gasteiger partial charge in [0.1, 0.15) is 4.64 Å². The Morgan fingerprint density at radius 1 is 1.12 bits per heavy atom. The lowest BCUT2D eigenvalue weighted by molar-refractivity contribution is 0.620. The lowest BCUT2D eigenvalue weighted by Crippen LogP contribution is -2.30. The van der Waals surface area contributed by atoms with Crippen molar-refractivity contribution in [1.82, 2.24) is 3.96 Å². The van der Waals surface area contributed by atoms with Crippen molar-refractivity contribution >= 4 is 45.4 Å². The van der Waals surface area contributed by atoms with Crippen molar-refractivity contribution in [2.45, 2.75) is 26.3 Å². The lowest BCUT2D eigenvalue weighted by atomic mass is 9.89. The van der Waals surface area contributed by atoms with Crippen molar-refractivity contribution in [2.75, 3.05) is 5.32 Å². The predicted molar refractivity (Wildman–Crippen MR) is 109 cm³/mol.